The zero-order valence-electron chi connectivity index (χ0n) is 16.3. The summed E-state index contributed by atoms with van der Waals surface area (Å²) < 4.78 is 0. The fourth-order valence-electron chi connectivity index (χ4n) is 2.83. The Balaban J connectivity index is 1.72. The largest absolute Gasteiger partial charge is 0.384 e. The van der Waals surface area contributed by atoms with Crippen molar-refractivity contribution >= 4 is 22.7 Å². The third-order valence-electron chi connectivity index (χ3n) is 4.43. The molecule has 2 N–H and O–H groups in total. The summed E-state index contributed by atoms with van der Waals surface area (Å²) in [5.41, 5.74) is 3.22. The van der Waals surface area contributed by atoms with Crippen LogP contribution >= 0.6 is 0 Å². The first kappa shape index (κ1) is 21.1. The van der Waals surface area contributed by atoms with Crippen LogP contribution in [0.4, 0.5) is 22.7 Å². The monoisotopic (exact) mass is 387 g/mol. The van der Waals surface area contributed by atoms with Crippen molar-refractivity contribution in [3.8, 4) is 0 Å². The first-order valence-corrected chi connectivity index (χ1v) is 8.94. The van der Waals surface area contributed by atoms with Gasteiger partial charge in [-0.25, -0.2) is 0 Å². The molecule has 150 valence electrons. The highest BCUT2D eigenvalue weighted by Crippen LogP contribution is 2.22. The van der Waals surface area contributed by atoms with Gasteiger partial charge >= 0.3 is 0 Å². The van der Waals surface area contributed by atoms with Gasteiger partial charge in [-0.2, -0.15) is 0 Å². The summed E-state index contributed by atoms with van der Waals surface area (Å²) in [6.45, 7) is 6.48. The molecule has 0 aliphatic heterocycles. The van der Waals surface area contributed by atoms with E-state index < -0.39 is 0 Å². The van der Waals surface area contributed by atoms with Crippen molar-refractivity contribution in [2.45, 2.75) is 13.8 Å². The Labute approximate surface area is 163 Å². The SMILES string of the molecule is Cc1cc(NCCN(C)CCNc2ccc([N+](=O)[O-])c(C)c2)ccc1[N+](=O)[O-]. The summed E-state index contributed by atoms with van der Waals surface area (Å²) in [6.07, 6.45) is 0. The van der Waals surface area contributed by atoms with Gasteiger partial charge in [0.1, 0.15) is 0 Å². The molecule has 9 heteroatoms. The molecule has 0 atom stereocenters. The summed E-state index contributed by atoms with van der Waals surface area (Å²) in [7, 11) is 2.01. The van der Waals surface area contributed by atoms with E-state index in [9.17, 15) is 20.2 Å². The molecule has 0 spiro atoms. The van der Waals surface area contributed by atoms with Crippen molar-refractivity contribution in [3.63, 3.8) is 0 Å². The molecule has 0 aromatic heterocycles. The molecule has 0 bridgehead atoms. The second-order valence-electron chi connectivity index (χ2n) is 6.67. The molecule has 9 nitrogen and oxygen atoms in total. The van der Waals surface area contributed by atoms with Crippen LogP contribution < -0.4 is 10.6 Å². The van der Waals surface area contributed by atoms with Crippen LogP contribution in [0.25, 0.3) is 0 Å². The van der Waals surface area contributed by atoms with E-state index >= 15 is 0 Å². The van der Waals surface area contributed by atoms with E-state index in [1.807, 2.05) is 7.05 Å². The third-order valence-corrected chi connectivity index (χ3v) is 4.43. The zero-order valence-corrected chi connectivity index (χ0v) is 16.3. The maximum Gasteiger partial charge on any atom is 0.272 e. The minimum atomic E-state index is -0.383. The number of nitrogens with zero attached hydrogens (tertiary/aromatic N) is 3. The van der Waals surface area contributed by atoms with Crippen molar-refractivity contribution in [2.75, 3.05) is 43.9 Å². The quantitative estimate of drug-likeness (QED) is 0.473. The molecule has 0 aliphatic carbocycles. The van der Waals surface area contributed by atoms with Crippen LogP contribution in [0.5, 0.6) is 0 Å². The molecule has 28 heavy (non-hydrogen) atoms. The lowest BCUT2D eigenvalue weighted by Gasteiger charge is -2.18. The van der Waals surface area contributed by atoms with Gasteiger partial charge < -0.3 is 15.5 Å². The second-order valence-corrected chi connectivity index (χ2v) is 6.67. The van der Waals surface area contributed by atoms with E-state index in [0.717, 1.165) is 24.5 Å². The lowest BCUT2D eigenvalue weighted by atomic mass is 10.2. The fraction of sp³-hybridized carbons (Fsp3) is 0.368. The van der Waals surface area contributed by atoms with Crippen molar-refractivity contribution in [1.29, 1.82) is 0 Å². The number of nitro benzene ring substituents is 2. The smallest absolute Gasteiger partial charge is 0.272 e. The maximum atomic E-state index is 10.8. The van der Waals surface area contributed by atoms with Gasteiger partial charge in [0.25, 0.3) is 11.4 Å². The third kappa shape index (κ3) is 5.92. The van der Waals surface area contributed by atoms with Gasteiger partial charge in [0.15, 0.2) is 0 Å². The van der Waals surface area contributed by atoms with Crippen LogP contribution in [-0.2, 0) is 0 Å². The Bertz CT molecular complexity index is 787. The molecule has 0 heterocycles. The normalized spacial score (nSPS) is 10.7. The van der Waals surface area contributed by atoms with Gasteiger partial charge in [-0.05, 0) is 45.2 Å². The molecule has 0 aliphatic rings. The van der Waals surface area contributed by atoms with E-state index in [-0.39, 0.29) is 21.2 Å². The highest BCUT2D eigenvalue weighted by atomic mass is 16.6. The van der Waals surface area contributed by atoms with Crippen molar-refractivity contribution in [2.24, 2.45) is 0 Å². The minimum absolute atomic E-state index is 0.121. The fourth-order valence-corrected chi connectivity index (χ4v) is 2.83. The van der Waals surface area contributed by atoms with E-state index in [1.165, 1.54) is 12.1 Å². The lowest BCUT2D eigenvalue weighted by molar-refractivity contribution is -0.385. The molecule has 0 unspecified atom stereocenters. The van der Waals surface area contributed by atoms with Gasteiger partial charge in [-0.1, -0.05) is 0 Å². The highest BCUT2D eigenvalue weighted by molar-refractivity contribution is 5.54. The Morgan fingerprint density at radius 3 is 1.54 bits per heavy atom. The number of likely N-dealkylation sites (N-methyl/N-ethyl adjacent to an activating group) is 1. The molecule has 0 amide bonds. The number of anilines is 2. The first-order valence-electron chi connectivity index (χ1n) is 8.94. The van der Waals surface area contributed by atoms with Crippen LogP contribution in [0, 0.1) is 34.1 Å². The van der Waals surface area contributed by atoms with Crippen LogP contribution in [-0.4, -0.2) is 48.0 Å². The number of nitrogens with one attached hydrogen (secondary N) is 2. The topological polar surface area (TPSA) is 114 Å². The van der Waals surface area contributed by atoms with E-state index in [0.29, 0.717) is 24.2 Å². The summed E-state index contributed by atoms with van der Waals surface area (Å²) in [4.78, 5) is 23.1. The molecular weight excluding hydrogens is 362 g/mol. The molecule has 0 saturated heterocycles. The van der Waals surface area contributed by atoms with Crippen LogP contribution in [0.2, 0.25) is 0 Å². The number of nitro groups is 2. The summed E-state index contributed by atoms with van der Waals surface area (Å²) in [5.74, 6) is 0. The number of hydrogen-bond acceptors (Lipinski definition) is 7. The van der Waals surface area contributed by atoms with Crippen LogP contribution in [0.15, 0.2) is 36.4 Å². The van der Waals surface area contributed by atoms with Gasteiger partial charge in [-0.15, -0.1) is 0 Å². The second kappa shape index (κ2) is 9.65. The first-order chi connectivity index (χ1) is 13.3. The van der Waals surface area contributed by atoms with Crippen molar-refractivity contribution in [1.82, 2.24) is 4.90 Å². The van der Waals surface area contributed by atoms with Crippen LogP contribution in [0.1, 0.15) is 11.1 Å². The Morgan fingerprint density at radius 2 is 1.21 bits per heavy atom. The van der Waals surface area contributed by atoms with Crippen molar-refractivity contribution in [3.05, 3.63) is 67.8 Å². The van der Waals surface area contributed by atoms with Gasteiger partial charge in [-0.3, -0.25) is 20.2 Å². The number of benzene rings is 2. The average molecular weight is 387 g/mol. The Hall–Kier alpha value is -3.20. The minimum Gasteiger partial charge on any atom is -0.384 e. The molecule has 0 fully saturated rings. The van der Waals surface area contributed by atoms with Gasteiger partial charge in [0, 0.05) is 60.8 Å². The summed E-state index contributed by atoms with van der Waals surface area (Å²) >= 11 is 0. The average Bonchev–Trinajstić information content (AvgIpc) is 2.61. The molecule has 2 aromatic carbocycles. The standard InChI is InChI=1S/C19H25N5O4/c1-14-12-16(4-6-18(14)23(25)26)20-8-10-22(3)11-9-21-17-5-7-19(24(27)28)15(2)13-17/h4-7,12-13,20-21H,8-11H2,1-3H3. The molecule has 0 saturated carbocycles. The Morgan fingerprint density at radius 1 is 0.821 bits per heavy atom. The van der Waals surface area contributed by atoms with Crippen LogP contribution in [0.3, 0.4) is 0 Å². The van der Waals surface area contributed by atoms with E-state index in [1.54, 1.807) is 38.1 Å². The predicted octanol–water partition coefficient (Wildman–Crippen LogP) is 3.58. The number of aryl methyl sites for hydroxylation is 2. The molecule has 2 aromatic rings. The van der Waals surface area contributed by atoms with Gasteiger partial charge in [0.05, 0.1) is 9.85 Å². The summed E-state index contributed by atoms with van der Waals surface area (Å²) in [5, 5.41) is 28.2. The van der Waals surface area contributed by atoms with Gasteiger partial charge in [0.2, 0.25) is 0 Å². The summed E-state index contributed by atoms with van der Waals surface area (Å²) in [6, 6.07) is 10.00. The predicted molar refractivity (Wildman–Crippen MR) is 110 cm³/mol. The van der Waals surface area contributed by atoms with E-state index in [4.69, 9.17) is 0 Å². The van der Waals surface area contributed by atoms with E-state index in [2.05, 4.69) is 15.5 Å². The number of rotatable bonds is 10. The molecule has 2 rings (SSSR count). The lowest BCUT2D eigenvalue weighted by Crippen LogP contribution is -2.29. The maximum absolute atomic E-state index is 10.8. The Kier molecular flexibility index (Phi) is 7.28. The number of hydrogen-bond donors (Lipinski definition) is 2. The van der Waals surface area contributed by atoms with Crippen molar-refractivity contribution < 1.29 is 9.85 Å². The molecular formula is C19H25N5O4. The highest BCUT2D eigenvalue weighted by Gasteiger charge is 2.11. The molecule has 0 radical (unpaired) electrons. The zero-order chi connectivity index (χ0) is 20.7.